The number of sulfone groups is 1. The molecule has 120 valence electrons. The third-order valence-corrected chi connectivity index (χ3v) is 5.23. The number of halogens is 1. The topological polar surface area (TPSA) is 92.3 Å². The highest BCUT2D eigenvalue weighted by molar-refractivity contribution is 7.91. The summed E-state index contributed by atoms with van der Waals surface area (Å²) < 4.78 is 62.7. The van der Waals surface area contributed by atoms with E-state index < -0.39 is 30.6 Å². The van der Waals surface area contributed by atoms with Gasteiger partial charge in [0.2, 0.25) is 10.0 Å². The fraction of sp³-hybridized carbons (Fsp3) is 0.500. The first-order valence-electron chi connectivity index (χ1n) is 6.38. The van der Waals surface area contributed by atoms with Crippen molar-refractivity contribution in [2.24, 2.45) is 0 Å². The molecule has 0 saturated heterocycles. The summed E-state index contributed by atoms with van der Waals surface area (Å²) in [6.07, 6.45) is 1.84. The molecule has 1 rings (SSSR count). The lowest BCUT2D eigenvalue weighted by Gasteiger charge is -2.09. The lowest BCUT2D eigenvalue weighted by Crippen LogP contribution is -2.32. The normalized spacial score (nSPS) is 12.5. The summed E-state index contributed by atoms with van der Waals surface area (Å²) in [5.41, 5.74) is 0. The Hall–Kier alpha value is -1.03. The number of hydrogen-bond acceptors (Lipinski definition) is 5. The van der Waals surface area contributed by atoms with Crippen LogP contribution >= 0.6 is 0 Å². The fourth-order valence-corrected chi connectivity index (χ4v) is 3.43. The van der Waals surface area contributed by atoms with E-state index >= 15 is 0 Å². The Balaban J connectivity index is 2.92. The first kappa shape index (κ1) is 18.0. The zero-order valence-electron chi connectivity index (χ0n) is 11.9. The average molecular weight is 338 g/mol. The van der Waals surface area contributed by atoms with E-state index in [1.165, 1.54) is 0 Å². The summed E-state index contributed by atoms with van der Waals surface area (Å²) in [6, 6.07) is 2.69. The Bertz CT molecular complexity index is 687. The second-order valence-corrected chi connectivity index (χ2v) is 8.26. The molecular weight excluding hydrogens is 319 g/mol. The average Bonchev–Trinajstić information content (AvgIpc) is 2.37. The summed E-state index contributed by atoms with van der Waals surface area (Å²) in [7, 11) is -7.70. The molecule has 0 saturated carbocycles. The highest BCUT2D eigenvalue weighted by atomic mass is 32.2. The molecule has 0 spiro atoms. The maximum atomic E-state index is 13.7. The molecule has 0 aromatic heterocycles. The minimum Gasteiger partial charge on any atom is -0.315 e. The largest absolute Gasteiger partial charge is 0.315 e. The number of rotatable bonds is 8. The number of benzene rings is 1. The maximum Gasteiger partial charge on any atom is 0.243 e. The van der Waals surface area contributed by atoms with Gasteiger partial charge in [0.15, 0.2) is 9.84 Å². The highest BCUT2D eigenvalue weighted by Gasteiger charge is 2.21. The van der Waals surface area contributed by atoms with Crippen molar-refractivity contribution in [3.8, 4) is 0 Å². The number of nitrogens with one attached hydrogen (secondary N) is 2. The molecule has 0 aliphatic rings. The van der Waals surface area contributed by atoms with Gasteiger partial charge in [0, 0.05) is 19.3 Å². The van der Waals surface area contributed by atoms with Gasteiger partial charge in [0.1, 0.15) is 10.7 Å². The Labute approximate surface area is 124 Å². The minimum absolute atomic E-state index is 0.0882. The summed E-state index contributed by atoms with van der Waals surface area (Å²) in [6.45, 7) is 3.22. The second kappa shape index (κ2) is 7.30. The van der Waals surface area contributed by atoms with Crippen molar-refractivity contribution >= 4 is 19.9 Å². The third kappa shape index (κ3) is 5.34. The molecule has 9 heteroatoms. The van der Waals surface area contributed by atoms with Gasteiger partial charge in [0.25, 0.3) is 0 Å². The van der Waals surface area contributed by atoms with Crippen LogP contribution in [0.2, 0.25) is 0 Å². The predicted octanol–water partition coefficient (Wildman–Crippen LogP) is 0.507. The van der Waals surface area contributed by atoms with E-state index in [1.807, 2.05) is 6.92 Å². The van der Waals surface area contributed by atoms with Gasteiger partial charge in [0.05, 0.1) is 4.90 Å². The maximum absolute atomic E-state index is 13.7. The van der Waals surface area contributed by atoms with Crippen molar-refractivity contribution in [2.75, 3.05) is 25.9 Å². The van der Waals surface area contributed by atoms with Gasteiger partial charge < -0.3 is 5.32 Å². The smallest absolute Gasteiger partial charge is 0.243 e. The summed E-state index contributed by atoms with van der Waals surface area (Å²) in [4.78, 5) is -0.908. The number of sulfonamides is 1. The van der Waals surface area contributed by atoms with Crippen molar-refractivity contribution in [2.45, 2.75) is 23.1 Å². The molecule has 0 atom stereocenters. The van der Waals surface area contributed by atoms with E-state index in [0.29, 0.717) is 6.54 Å². The third-order valence-electron chi connectivity index (χ3n) is 2.64. The molecule has 0 bridgehead atoms. The zero-order valence-corrected chi connectivity index (χ0v) is 13.5. The lowest BCUT2D eigenvalue weighted by molar-refractivity contribution is 0.552. The van der Waals surface area contributed by atoms with E-state index in [-0.39, 0.29) is 11.4 Å². The molecule has 6 nitrogen and oxygen atoms in total. The van der Waals surface area contributed by atoms with Crippen molar-refractivity contribution < 1.29 is 21.2 Å². The van der Waals surface area contributed by atoms with Crippen LogP contribution in [0.4, 0.5) is 4.39 Å². The van der Waals surface area contributed by atoms with Crippen LogP contribution in [0.3, 0.4) is 0 Å². The van der Waals surface area contributed by atoms with Crippen LogP contribution in [-0.4, -0.2) is 42.7 Å². The first-order valence-corrected chi connectivity index (χ1v) is 9.76. The van der Waals surface area contributed by atoms with E-state index in [2.05, 4.69) is 10.0 Å². The molecule has 0 radical (unpaired) electrons. The van der Waals surface area contributed by atoms with E-state index in [0.717, 1.165) is 37.4 Å². The van der Waals surface area contributed by atoms with Gasteiger partial charge in [-0.15, -0.1) is 0 Å². The van der Waals surface area contributed by atoms with Crippen molar-refractivity contribution in [1.29, 1.82) is 0 Å². The van der Waals surface area contributed by atoms with Crippen molar-refractivity contribution in [3.05, 3.63) is 24.0 Å². The molecule has 1 aromatic rings. The standard InChI is InChI=1S/C12H19FN2O4S2/c1-3-6-14-7-8-15-21(18,19)12-9-10(20(2,16)17)4-5-11(12)13/h4-5,9,14-15H,3,6-8H2,1-2H3. The predicted molar refractivity (Wildman–Crippen MR) is 77.9 cm³/mol. The van der Waals surface area contributed by atoms with E-state index in [4.69, 9.17) is 0 Å². The van der Waals surface area contributed by atoms with Gasteiger partial charge in [-0.2, -0.15) is 0 Å². The van der Waals surface area contributed by atoms with Gasteiger partial charge in [-0.05, 0) is 31.2 Å². The molecule has 0 aliphatic heterocycles. The SMILES string of the molecule is CCCNCCNS(=O)(=O)c1cc(S(C)(=O)=O)ccc1F. The van der Waals surface area contributed by atoms with Crippen LogP contribution in [-0.2, 0) is 19.9 Å². The molecule has 0 amide bonds. The molecule has 0 heterocycles. The Kier molecular flexibility index (Phi) is 6.26. The molecule has 21 heavy (non-hydrogen) atoms. The zero-order chi connectivity index (χ0) is 16.1. The van der Waals surface area contributed by atoms with Crippen LogP contribution in [0.25, 0.3) is 0 Å². The molecular formula is C12H19FN2O4S2. The van der Waals surface area contributed by atoms with Crippen LogP contribution in [0.5, 0.6) is 0 Å². The van der Waals surface area contributed by atoms with Crippen LogP contribution in [0.15, 0.2) is 28.0 Å². The monoisotopic (exact) mass is 338 g/mol. The Morgan fingerprint density at radius 1 is 1.10 bits per heavy atom. The summed E-state index contributed by atoms with van der Waals surface area (Å²) in [5.74, 6) is -0.989. The lowest BCUT2D eigenvalue weighted by atomic mass is 10.3. The summed E-state index contributed by atoms with van der Waals surface area (Å²) in [5, 5.41) is 2.99. The molecule has 2 N–H and O–H groups in total. The number of hydrogen-bond donors (Lipinski definition) is 2. The van der Waals surface area contributed by atoms with Crippen molar-refractivity contribution in [1.82, 2.24) is 10.0 Å². The van der Waals surface area contributed by atoms with Gasteiger partial charge in [-0.3, -0.25) is 0 Å². The molecule has 0 aliphatic carbocycles. The Morgan fingerprint density at radius 3 is 2.33 bits per heavy atom. The quantitative estimate of drug-likeness (QED) is 0.532. The molecule has 1 aromatic carbocycles. The van der Waals surface area contributed by atoms with Crippen LogP contribution < -0.4 is 10.0 Å². The van der Waals surface area contributed by atoms with Gasteiger partial charge >= 0.3 is 0 Å². The highest BCUT2D eigenvalue weighted by Crippen LogP contribution is 2.19. The van der Waals surface area contributed by atoms with E-state index in [9.17, 15) is 21.2 Å². The first-order chi connectivity index (χ1) is 9.68. The Morgan fingerprint density at radius 2 is 1.76 bits per heavy atom. The van der Waals surface area contributed by atoms with E-state index in [1.54, 1.807) is 0 Å². The van der Waals surface area contributed by atoms with Crippen LogP contribution in [0.1, 0.15) is 13.3 Å². The minimum atomic E-state index is -4.09. The van der Waals surface area contributed by atoms with Gasteiger partial charge in [-0.1, -0.05) is 6.92 Å². The second-order valence-electron chi connectivity index (χ2n) is 4.51. The van der Waals surface area contributed by atoms with Crippen LogP contribution in [0, 0.1) is 5.82 Å². The molecule has 0 unspecified atom stereocenters. The fourth-order valence-electron chi connectivity index (χ4n) is 1.57. The van der Waals surface area contributed by atoms with Gasteiger partial charge in [-0.25, -0.2) is 25.9 Å². The van der Waals surface area contributed by atoms with Crippen molar-refractivity contribution in [3.63, 3.8) is 0 Å². The summed E-state index contributed by atoms with van der Waals surface area (Å²) >= 11 is 0. The molecule has 0 fully saturated rings.